The van der Waals surface area contributed by atoms with Gasteiger partial charge in [-0.2, -0.15) is 0 Å². The van der Waals surface area contributed by atoms with Crippen LogP contribution in [0.3, 0.4) is 0 Å². The summed E-state index contributed by atoms with van der Waals surface area (Å²) in [4.78, 5) is 26.6. The van der Waals surface area contributed by atoms with Crippen molar-refractivity contribution in [1.82, 2.24) is 5.32 Å². The number of carbonyl (C=O) groups excluding carboxylic acids is 2. The van der Waals surface area contributed by atoms with E-state index in [1.54, 1.807) is 0 Å². The molecule has 1 aromatic rings. The van der Waals surface area contributed by atoms with Gasteiger partial charge in [0.25, 0.3) is 0 Å². The number of nitrogens with one attached hydrogen (secondary N) is 1. The van der Waals surface area contributed by atoms with Crippen LogP contribution in [0.1, 0.15) is 45.1 Å². The standard InChI is InChI=1S/C19H27N3O2.ClH/c1-13(2)17(20)18(24)21-11-16(23)22-12-19(9-5-6-10-19)14-7-3-4-8-15(14)22;/h3-4,7-8,13,17H,5-6,9-12,20H2,1-2H3,(H,21,24);1H/t17-;/m0./s1. The Morgan fingerprint density at radius 2 is 1.88 bits per heavy atom. The van der Waals surface area contributed by atoms with E-state index in [-0.39, 0.29) is 42.1 Å². The first kappa shape index (κ1) is 19.7. The Kier molecular flexibility index (Phi) is 6.12. The molecule has 1 aromatic carbocycles. The molecule has 6 heteroatoms. The molecule has 2 amide bonds. The Balaban J connectivity index is 0.00000225. The van der Waals surface area contributed by atoms with Crippen LogP contribution in [-0.2, 0) is 15.0 Å². The number of halogens is 1. The summed E-state index contributed by atoms with van der Waals surface area (Å²) in [5.74, 6) is -0.272. The fourth-order valence-corrected chi connectivity index (χ4v) is 4.01. The number of anilines is 1. The zero-order chi connectivity index (χ0) is 17.3. The second-order valence-corrected chi connectivity index (χ2v) is 7.47. The lowest BCUT2D eigenvalue weighted by molar-refractivity contribution is -0.126. The maximum atomic E-state index is 12.7. The average Bonchev–Trinajstić information content (AvgIpc) is 3.18. The highest BCUT2D eigenvalue weighted by atomic mass is 35.5. The largest absolute Gasteiger partial charge is 0.346 e. The van der Waals surface area contributed by atoms with E-state index in [1.165, 1.54) is 18.4 Å². The summed E-state index contributed by atoms with van der Waals surface area (Å²) in [6.07, 6.45) is 4.71. The molecule has 0 unspecified atom stereocenters. The molecule has 0 bridgehead atoms. The fourth-order valence-electron chi connectivity index (χ4n) is 4.01. The van der Waals surface area contributed by atoms with Crippen molar-refractivity contribution in [1.29, 1.82) is 0 Å². The number of hydrogen-bond donors (Lipinski definition) is 2. The lowest BCUT2D eigenvalue weighted by atomic mass is 9.81. The molecule has 1 atom stereocenters. The van der Waals surface area contributed by atoms with Crippen LogP contribution in [0.4, 0.5) is 5.69 Å². The topological polar surface area (TPSA) is 75.4 Å². The molecule has 3 rings (SSSR count). The van der Waals surface area contributed by atoms with Gasteiger partial charge in [-0.15, -0.1) is 12.4 Å². The zero-order valence-electron chi connectivity index (χ0n) is 15.0. The lowest BCUT2D eigenvalue weighted by Gasteiger charge is -2.25. The van der Waals surface area contributed by atoms with Crippen molar-refractivity contribution in [3.8, 4) is 0 Å². The minimum atomic E-state index is -0.579. The van der Waals surface area contributed by atoms with Gasteiger partial charge in [-0.25, -0.2) is 0 Å². The normalized spacial score (nSPS) is 18.8. The van der Waals surface area contributed by atoms with Gasteiger partial charge in [0.15, 0.2) is 0 Å². The van der Waals surface area contributed by atoms with Crippen molar-refractivity contribution < 1.29 is 9.59 Å². The van der Waals surface area contributed by atoms with Crippen molar-refractivity contribution in [2.24, 2.45) is 11.7 Å². The summed E-state index contributed by atoms with van der Waals surface area (Å²) < 4.78 is 0. The van der Waals surface area contributed by atoms with Gasteiger partial charge < -0.3 is 16.0 Å². The number of fused-ring (bicyclic) bond motifs is 2. The Hall–Kier alpha value is -1.59. The first-order valence-corrected chi connectivity index (χ1v) is 8.88. The molecular formula is C19H28ClN3O2. The van der Waals surface area contributed by atoms with Gasteiger partial charge in [-0.1, -0.05) is 44.9 Å². The third-order valence-corrected chi connectivity index (χ3v) is 5.52. The highest BCUT2D eigenvalue weighted by molar-refractivity contribution is 5.99. The van der Waals surface area contributed by atoms with E-state index in [4.69, 9.17) is 5.73 Å². The van der Waals surface area contributed by atoms with Crippen LogP contribution in [0.2, 0.25) is 0 Å². The Morgan fingerprint density at radius 3 is 2.52 bits per heavy atom. The van der Waals surface area contributed by atoms with Crippen LogP contribution >= 0.6 is 12.4 Å². The van der Waals surface area contributed by atoms with E-state index in [1.807, 2.05) is 30.9 Å². The van der Waals surface area contributed by atoms with E-state index in [2.05, 4.69) is 17.4 Å². The predicted octanol–water partition coefficient (Wildman–Crippen LogP) is 2.37. The fraction of sp³-hybridized carbons (Fsp3) is 0.579. The lowest BCUT2D eigenvalue weighted by Crippen LogP contribution is -2.48. The van der Waals surface area contributed by atoms with Gasteiger partial charge in [-0.05, 0) is 30.4 Å². The summed E-state index contributed by atoms with van der Waals surface area (Å²) >= 11 is 0. The molecule has 1 aliphatic heterocycles. The van der Waals surface area contributed by atoms with Crippen molar-refractivity contribution in [3.05, 3.63) is 29.8 Å². The second kappa shape index (κ2) is 7.75. The summed E-state index contributed by atoms with van der Waals surface area (Å²) in [5.41, 5.74) is 8.25. The monoisotopic (exact) mass is 365 g/mol. The van der Waals surface area contributed by atoms with Gasteiger partial charge in [0, 0.05) is 17.6 Å². The molecular weight excluding hydrogens is 338 g/mol. The molecule has 1 aliphatic carbocycles. The summed E-state index contributed by atoms with van der Waals surface area (Å²) in [5, 5.41) is 2.70. The average molecular weight is 366 g/mol. The van der Waals surface area contributed by atoms with Crippen LogP contribution in [0.15, 0.2) is 24.3 Å². The van der Waals surface area contributed by atoms with Gasteiger partial charge in [0.2, 0.25) is 11.8 Å². The van der Waals surface area contributed by atoms with Gasteiger partial charge in [0.05, 0.1) is 12.6 Å². The SMILES string of the molecule is CC(C)[C@H](N)C(=O)NCC(=O)N1CC2(CCCC2)c2ccccc21.Cl. The van der Waals surface area contributed by atoms with Crippen LogP contribution in [-0.4, -0.2) is 30.9 Å². The predicted molar refractivity (Wildman–Crippen MR) is 102 cm³/mol. The van der Waals surface area contributed by atoms with Crippen molar-refractivity contribution in [2.45, 2.75) is 51.0 Å². The van der Waals surface area contributed by atoms with Crippen LogP contribution < -0.4 is 16.0 Å². The van der Waals surface area contributed by atoms with Crippen molar-refractivity contribution in [3.63, 3.8) is 0 Å². The summed E-state index contributed by atoms with van der Waals surface area (Å²) in [6.45, 7) is 4.53. The molecule has 1 heterocycles. The number of benzene rings is 1. The molecule has 3 N–H and O–H groups in total. The van der Waals surface area contributed by atoms with E-state index >= 15 is 0 Å². The van der Waals surface area contributed by atoms with E-state index in [0.717, 1.165) is 25.1 Å². The molecule has 5 nitrogen and oxygen atoms in total. The third kappa shape index (κ3) is 3.67. The first-order chi connectivity index (χ1) is 11.4. The summed E-state index contributed by atoms with van der Waals surface area (Å²) in [7, 11) is 0. The van der Waals surface area contributed by atoms with Crippen LogP contribution in [0, 0.1) is 5.92 Å². The Labute approximate surface area is 155 Å². The number of amides is 2. The van der Waals surface area contributed by atoms with Crippen LogP contribution in [0.25, 0.3) is 0 Å². The molecule has 1 fully saturated rings. The Morgan fingerprint density at radius 1 is 1.24 bits per heavy atom. The number of nitrogens with zero attached hydrogens (tertiary/aromatic N) is 1. The van der Waals surface area contributed by atoms with Gasteiger partial charge in [-0.3, -0.25) is 9.59 Å². The number of carbonyl (C=O) groups is 2. The highest BCUT2D eigenvalue weighted by Crippen LogP contribution is 2.50. The minimum Gasteiger partial charge on any atom is -0.346 e. The smallest absolute Gasteiger partial charge is 0.246 e. The molecule has 0 saturated heterocycles. The van der Waals surface area contributed by atoms with E-state index in [0.29, 0.717) is 0 Å². The molecule has 1 saturated carbocycles. The molecule has 138 valence electrons. The van der Waals surface area contributed by atoms with E-state index < -0.39 is 6.04 Å². The maximum absolute atomic E-state index is 12.7. The zero-order valence-corrected chi connectivity index (χ0v) is 15.8. The van der Waals surface area contributed by atoms with Crippen molar-refractivity contribution >= 4 is 29.9 Å². The molecule has 2 aliphatic rings. The number of rotatable bonds is 4. The quantitative estimate of drug-likeness (QED) is 0.860. The second-order valence-electron chi connectivity index (χ2n) is 7.47. The Bertz CT molecular complexity index is 641. The molecule has 0 radical (unpaired) electrons. The summed E-state index contributed by atoms with van der Waals surface area (Å²) in [6, 6.07) is 7.62. The third-order valence-electron chi connectivity index (χ3n) is 5.52. The van der Waals surface area contributed by atoms with Gasteiger partial charge in [0.1, 0.15) is 0 Å². The van der Waals surface area contributed by atoms with Gasteiger partial charge >= 0.3 is 0 Å². The highest BCUT2D eigenvalue weighted by Gasteiger charge is 2.45. The first-order valence-electron chi connectivity index (χ1n) is 8.88. The van der Waals surface area contributed by atoms with E-state index in [9.17, 15) is 9.59 Å². The van der Waals surface area contributed by atoms with Crippen LogP contribution in [0.5, 0.6) is 0 Å². The number of nitrogens with two attached hydrogens (primary N) is 1. The number of para-hydroxylation sites is 1. The minimum absolute atomic E-state index is 0. The molecule has 0 aromatic heterocycles. The molecule has 25 heavy (non-hydrogen) atoms. The number of hydrogen-bond acceptors (Lipinski definition) is 3. The maximum Gasteiger partial charge on any atom is 0.246 e. The van der Waals surface area contributed by atoms with Crippen molar-refractivity contribution in [2.75, 3.05) is 18.0 Å². The molecule has 1 spiro atoms.